The van der Waals surface area contributed by atoms with E-state index in [9.17, 15) is 14.9 Å². The minimum absolute atomic E-state index is 0.0620. The average Bonchev–Trinajstić information content (AvgIpc) is 2.43. The number of nitrogens with one attached hydrogen (secondary N) is 2. The van der Waals surface area contributed by atoms with E-state index in [1.165, 1.54) is 18.2 Å². The first-order valence-electron chi connectivity index (χ1n) is 6.46. The third-order valence-corrected chi connectivity index (χ3v) is 3.17. The number of rotatable bonds is 6. The Morgan fingerprint density at radius 3 is 2.55 bits per heavy atom. The van der Waals surface area contributed by atoms with E-state index in [4.69, 9.17) is 5.84 Å². The van der Waals surface area contributed by atoms with Crippen molar-refractivity contribution in [2.24, 2.45) is 11.8 Å². The predicted molar refractivity (Wildman–Crippen MR) is 77.3 cm³/mol. The minimum atomic E-state index is -0.556. The maximum absolute atomic E-state index is 12.1. The molecule has 0 saturated carbocycles. The second-order valence-corrected chi connectivity index (χ2v) is 4.87. The Balaban J connectivity index is 2.97. The number of hydrazine groups is 1. The number of nitrogens with two attached hydrogens (primary N) is 1. The van der Waals surface area contributed by atoms with Gasteiger partial charge in [0.15, 0.2) is 0 Å². The highest BCUT2D eigenvalue weighted by Gasteiger charge is 2.19. The van der Waals surface area contributed by atoms with Crippen LogP contribution in [-0.4, -0.2) is 16.9 Å². The Morgan fingerprint density at radius 2 is 2.10 bits per heavy atom. The standard InChI is InChI=1S/C13H20N4O3/c1-4-10(8(2)3)15-13(18)9-5-6-12(17(19)20)11(7-9)16-14/h5-8,10,16H,4,14H2,1-3H3,(H,15,18). The summed E-state index contributed by atoms with van der Waals surface area (Å²) in [5, 5.41) is 13.7. The third kappa shape index (κ3) is 3.67. The van der Waals surface area contributed by atoms with Gasteiger partial charge >= 0.3 is 0 Å². The summed E-state index contributed by atoms with van der Waals surface area (Å²) < 4.78 is 0. The highest BCUT2D eigenvalue weighted by molar-refractivity contribution is 5.96. The molecule has 7 heteroatoms. The van der Waals surface area contributed by atoms with E-state index in [-0.39, 0.29) is 23.3 Å². The van der Waals surface area contributed by atoms with Crippen molar-refractivity contribution < 1.29 is 9.72 Å². The van der Waals surface area contributed by atoms with E-state index < -0.39 is 4.92 Å². The van der Waals surface area contributed by atoms with Crippen molar-refractivity contribution in [3.8, 4) is 0 Å². The molecule has 7 nitrogen and oxygen atoms in total. The number of hydrogen-bond acceptors (Lipinski definition) is 5. The molecular formula is C13H20N4O3. The SMILES string of the molecule is CCC(NC(=O)c1ccc([N+](=O)[O-])c(NN)c1)C(C)C. The van der Waals surface area contributed by atoms with Crippen LogP contribution in [0.1, 0.15) is 37.6 Å². The van der Waals surface area contributed by atoms with Crippen molar-refractivity contribution in [2.45, 2.75) is 33.2 Å². The molecule has 0 spiro atoms. The molecule has 0 radical (unpaired) electrons. The number of nitro benzene ring substituents is 1. The van der Waals surface area contributed by atoms with Gasteiger partial charge in [0.1, 0.15) is 5.69 Å². The summed E-state index contributed by atoms with van der Waals surface area (Å²) in [5.74, 6) is 5.29. The number of nitro groups is 1. The molecule has 110 valence electrons. The van der Waals surface area contributed by atoms with E-state index in [1.54, 1.807) is 0 Å². The van der Waals surface area contributed by atoms with Crippen LogP contribution in [0.3, 0.4) is 0 Å². The van der Waals surface area contributed by atoms with Gasteiger partial charge in [0.05, 0.1) is 4.92 Å². The Morgan fingerprint density at radius 1 is 1.45 bits per heavy atom. The zero-order valence-electron chi connectivity index (χ0n) is 11.8. The van der Waals surface area contributed by atoms with Crippen LogP contribution in [0.15, 0.2) is 18.2 Å². The van der Waals surface area contributed by atoms with Crippen molar-refractivity contribution in [3.05, 3.63) is 33.9 Å². The number of nitrogen functional groups attached to an aromatic ring is 1. The van der Waals surface area contributed by atoms with Crippen molar-refractivity contribution in [1.29, 1.82) is 0 Å². The molecule has 0 heterocycles. The molecular weight excluding hydrogens is 260 g/mol. The Labute approximate surface area is 117 Å². The van der Waals surface area contributed by atoms with E-state index in [1.807, 2.05) is 20.8 Å². The number of hydrogen-bond donors (Lipinski definition) is 3. The first-order valence-corrected chi connectivity index (χ1v) is 6.46. The number of carbonyl (C=O) groups excluding carboxylic acids is 1. The molecule has 1 rings (SSSR count). The topological polar surface area (TPSA) is 110 Å². The average molecular weight is 280 g/mol. The molecule has 0 aliphatic rings. The summed E-state index contributed by atoms with van der Waals surface area (Å²) in [7, 11) is 0. The van der Waals surface area contributed by atoms with Crippen molar-refractivity contribution >= 4 is 17.3 Å². The molecule has 20 heavy (non-hydrogen) atoms. The second kappa shape index (κ2) is 6.85. The van der Waals surface area contributed by atoms with Crippen LogP contribution < -0.4 is 16.6 Å². The third-order valence-electron chi connectivity index (χ3n) is 3.17. The van der Waals surface area contributed by atoms with Crippen LogP contribution in [0.5, 0.6) is 0 Å². The zero-order valence-corrected chi connectivity index (χ0v) is 11.8. The fourth-order valence-corrected chi connectivity index (χ4v) is 1.94. The number of nitrogens with zero attached hydrogens (tertiary/aromatic N) is 1. The molecule has 1 atom stereocenters. The minimum Gasteiger partial charge on any atom is -0.349 e. The molecule has 1 aromatic carbocycles. The van der Waals surface area contributed by atoms with E-state index in [0.29, 0.717) is 11.5 Å². The number of benzene rings is 1. The number of amides is 1. The quantitative estimate of drug-likeness (QED) is 0.419. The van der Waals surface area contributed by atoms with Crippen LogP contribution in [0.2, 0.25) is 0 Å². The molecule has 0 aliphatic carbocycles. The van der Waals surface area contributed by atoms with E-state index >= 15 is 0 Å². The first kappa shape index (κ1) is 15.9. The normalized spacial score (nSPS) is 12.1. The van der Waals surface area contributed by atoms with Crippen LogP contribution in [-0.2, 0) is 0 Å². The van der Waals surface area contributed by atoms with Gasteiger partial charge in [-0.2, -0.15) is 0 Å². The smallest absolute Gasteiger partial charge is 0.293 e. The predicted octanol–water partition coefficient (Wildman–Crippen LogP) is 2.04. The molecule has 0 saturated heterocycles. The van der Waals surface area contributed by atoms with Gasteiger partial charge in [-0.05, 0) is 24.5 Å². The fourth-order valence-electron chi connectivity index (χ4n) is 1.94. The molecule has 0 fully saturated rings. The second-order valence-electron chi connectivity index (χ2n) is 4.87. The fraction of sp³-hybridized carbons (Fsp3) is 0.462. The monoisotopic (exact) mass is 280 g/mol. The molecule has 4 N–H and O–H groups in total. The number of anilines is 1. The zero-order chi connectivity index (χ0) is 15.3. The summed E-state index contributed by atoms with van der Waals surface area (Å²) in [6.07, 6.45) is 0.818. The van der Waals surface area contributed by atoms with Crippen molar-refractivity contribution in [1.82, 2.24) is 5.32 Å². The van der Waals surface area contributed by atoms with Gasteiger partial charge in [-0.15, -0.1) is 0 Å². The van der Waals surface area contributed by atoms with E-state index in [0.717, 1.165) is 6.42 Å². The lowest BCUT2D eigenvalue weighted by Gasteiger charge is -2.20. The largest absolute Gasteiger partial charge is 0.349 e. The summed E-state index contributed by atoms with van der Waals surface area (Å²) >= 11 is 0. The van der Waals surface area contributed by atoms with Crippen LogP contribution in [0, 0.1) is 16.0 Å². The van der Waals surface area contributed by atoms with Gasteiger partial charge in [-0.3, -0.25) is 20.8 Å². The van der Waals surface area contributed by atoms with Gasteiger partial charge in [0.2, 0.25) is 0 Å². The number of carbonyl (C=O) groups is 1. The van der Waals surface area contributed by atoms with Gasteiger partial charge in [0.25, 0.3) is 11.6 Å². The summed E-state index contributed by atoms with van der Waals surface area (Å²) in [6, 6.07) is 4.12. The maximum Gasteiger partial charge on any atom is 0.293 e. The lowest BCUT2D eigenvalue weighted by Crippen LogP contribution is -2.38. The van der Waals surface area contributed by atoms with Crippen molar-refractivity contribution in [3.63, 3.8) is 0 Å². The Kier molecular flexibility index (Phi) is 5.45. The van der Waals surface area contributed by atoms with E-state index in [2.05, 4.69) is 10.7 Å². The van der Waals surface area contributed by atoms with Gasteiger partial charge < -0.3 is 10.7 Å². The first-order chi connectivity index (χ1) is 9.40. The molecule has 1 unspecified atom stereocenters. The van der Waals surface area contributed by atoms with Crippen molar-refractivity contribution in [2.75, 3.05) is 5.43 Å². The lowest BCUT2D eigenvalue weighted by atomic mass is 10.0. The van der Waals surface area contributed by atoms with Gasteiger partial charge in [-0.1, -0.05) is 20.8 Å². The Bertz CT molecular complexity index is 502. The Hall–Kier alpha value is -2.15. The van der Waals surface area contributed by atoms with Crippen LogP contribution in [0.4, 0.5) is 11.4 Å². The van der Waals surface area contributed by atoms with Gasteiger partial charge in [-0.25, -0.2) is 0 Å². The molecule has 1 aromatic rings. The summed E-state index contributed by atoms with van der Waals surface area (Å²) in [6.45, 7) is 6.04. The summed E-state index contributed by atoms with van der Waals surface area (Å²) in [4.78, 5) is 22.3. The van der Waals surface area contributed by atoms with Crippen LogP contribution in [0.25, 0.3) is 0 Å². The molecule has 1 amide bonds. The van der Waals surface area contributed by atoms with Gasteiger partial charge in [0, 0.05) is 17.7 Å². The summed E-state index contributed by atoms with van der Waals surface area (Å²) in [5.41, 5.74) is 2.52. The van der Waals surface area contributed by atoms with Crippen LogP contribution >= 0.6 is 0 Å². The molecule has 0 bridgehead atoms. The highest BCUT2D eigenvalue weighted by atomic mass is 16.6. The lowest BCUT2D eigenvalue weighted by molar-refractivity contribution is -0.384. The molecule has 0 aliphatic heterocycles. The maximum atomic E-state index is 12.1. The molecule has 0 aromatic heterocycles. The highest BCUT2D eigenvalue weighted by Crippen LogP contribution is 2.24.